The molecule has 43 heavy (non-hydrogen) atoms. The normalized spacial score (nSPS) is 24.9. The minimum absolute atomic E-state index is 0.0397. The summed E-state index contributed by atoms with van der Waals surface area (Å²) in [6, 6.07) is 25.6. The molecule has 4 aromatic rings. The summed E-state index contributed by atoms with van der Waals surface area (Å²) in [7, 11) is -0.388. The standard InChI is InChI=1S/C30H30N3O8PS/c1-36-22-12-8-20(9-13-22)30(19-6-4-3-5-7-19,21-10-14-23(37-2)15-11-21)38-18-24-26-27(41-42(35,43)40-26)28(39-24)33-17-16-25(31)32-29(33)34/h3-17,24,26-28H,18H2,1-2H3,(H,35,43)(H2,31,32,34)/p-1/t24-,26-,27-,28-,42?/m1/s1. The van der Waals surface area contributed by atoms with Crippen molar-refractivity contribution in [2.24, 2.45) is 0 Å². The number of ether oxygens (including phenoxy) is 4. The molecule has 1 unspecified atom stereocenters. The van der Waals surface area contributed by atoms with E-state index >= 15 is 0 Å². The number of benzene rings is 3. The van der Waals surface area contributed by atoms with E-state index in [2.05, 4.69) is 4.98 Å². The van der Waals surface area contributed by atoms with Crippen molar-refractivity contribution < 1.29 is 38.0 Å². The van der Waals surface area contributed by atoms with Crippen molar-refractivity contribution in [1.29, 1.82) is 5.41 Å². The maximum Gasteiger partial charge on any atom is 0.287 e. The van der Waals surface area contributed by atoms with Gasteiger partial charge in [0.1, 0.15) is 28.7 Å². The number of rotatable bonds is 9. The highest BCUT2D eigenvalue weighted by molar-refractivity contribution is 8.35. The smallest absolute Gasteiger partial charge is 0.287 e. The van der Waals surface area contributed by atoms with E-state index in [0.717, 1.165) is 16.7 Å². The Morgan fingerprint density at radius 3 is 2.02 bits per heavy atom. The van der Waals surface area contributed by atoms with Crippen molar-refractivity contribution in [2.45, 2.75) is 30.1 Å². The number of hydrogen-bond donors (Lipinski definition) is 2. The van der Waals surface area contributed by atoms with Gasteiger partial charge in [-0.25, -0.2) is 9.88 Å². The lowest BCUT2D eigenvalue weighted by atomic mass is 9.80. The third-order valence-electron chi connectivity index (χ3n) is 7.54. The Bertz CT molecular complexity index is 1570. The molecule has 0 aliphatic carbocycles. The van der Waals surface area contributed by atoms with E-state index in [1.807, 2.05) is 78.9 Å². The summed E-state index contributed by atoms with van der Waals surface area (Å²) in [6.07, 6.45) is -2.13. The summed E-state index contributed by atoms with van der Waals surface area (Å²) in [5.74, 6) is 1.38. The van der Waals surface area contributed by atoms with Crippen LogP contribution < -0.4 is 20.1 Å². The second-order valence-electron chi connectivity index (χ2n) is 9.99. The van der Waals surface area contributed by atoms with E-state index in [1.165, 1.54) is 16.8 Å². The number of nitrogens with zero attached hydrogens (tertiary/aromatic N) is 2. The molecule has 0 bridgehead atoms. The fraction of sp³-hybridized carbons (Fsp3) is 0.267. The zero-order valence-corrected chi connectivity index (χ0v) is 24.9. The first-order valence-corrected chi connectivity index (χ1v) is 16.0. The van der Waals surface area contributed by atoms with Crippen molar-refractivity contribution in [3.8, 4) is 17.5 Å². The van der Waals surface area contributed by atoms with Crippen LogP contribution in [0.5, 0.6) is 17.5 Å². The molecular weight excluding hydrogens is 593 g/mol. The van der Waals surface area contributed by atoms with Gasteiger partial charge in [-0.1, -0.05) is 54.6 Å². The van der Waals surface area contributed by atoms with Crippen LogP contribution in [0.15, 0.2) is 91.1 Å². The van der Waals surface area contributed by atoms with Crippen molar-refractivity contribution in [3.63, 3.8) is 0 Å². The summed E-state index contributed by atoms with van der Waals surface area (Å²) < 4.78 is 36.8. The largest absolute Gasteiger partial charge is 0.846 e. The number of hydrogen-bond acceptors (Lipinski definition) is 11. The van der Waals surface area contributed by atoms with Gasteiger partial charge in [-0.2, -0.15) is 9.05 Å². The van der Waals surface area contributed by atoms with Crippen LogP contribution in [-0.4, -0.2) is 53.6 Å². The monoisotopic (exact) mass is 622 g/mol. The lowest BCUT2D eigenvalue weighted by molar-refractivity contribution is -0.292. The van der Waals surface area contributed by atoms with Gasteiger partial charge in [0, 0.05) is 6.20 Å². The zero-order chi connectivity index (χ0) is 30.2. The van der Waals surface area contributed by atoms with Crippen molar-refractivity contribution in [2.75, 3.05) is 20.8 Å². The highest BCUT2D eigenvalue weighted by Gasteiger charge is 2.60. The summed E-state index contributed by atoms with van der Waals surface area (Å²) in [4.78, 5) is 14.3. The molecule has 6 rings (SSSR count). The van der Waals surface area contributed by atoms with E-state index in [4.69, 9.17) is 45.7 Å². The molecule has 224 valence electrons. The minimum Gasteiger partial charge on any atom is -0.846 e. The van der Waals surface area contributed by atoms with Crippen molar-refractivity contribution >= 4 is 19.4 Å². The molecule has 0 spiro atoms. The van der Waals surface area contributed by atoms with Gasteiger partial charge < -0.3 is 40.9 Å². The molecule has 3 aromatic carbocycles. The first-order chi connectivity index (χ1) is 20.7. The predicted molar refractivity (Wildman–Crippen MR) is 156 cm³/mol. The van der Waals surface area contributed by atoms with Gasteiger partial charge in [0.25, 0.3) is 7.15 Å². The Morgan fingerprint density at radius 1 is 0.907 bits per heavy atom. The first kappa shape index (κ1) is 29.6. The second kappa shape index (κ2) is 11.9. The maximum absolute atomic E-state index is 12.7. The maximum atomic E-state index is 12.7. The Morgan fingerprint density at radius 2 is 1.47 bits per heavy atom. The Hall–Kier alpha value is -3.48. The van der Waals surface area contributed by atoms with E-state index < -0.39 is 43.3 Å². The van der Waals surface area contributed by atoms with Crippen LogP contribution in [0.25, 0.3) is 0 Å². The van der Waals surface area contributed by atoms with Gasteiger partial charge in [0.05, 0.1) is 26.8 Å². The highest BCUT2D eigenvalue weighted by atomic mass is 32.7. The van der Waals surface area contributed by atoms with Gasteiger partial charge in [0.2, 0.25) is 0 Å². The van der Waals surface area contributed by atoms with E-state index in [-0.39, 0.29) is 12.1 Å². The van der Waals surface area contributed by atoms with Crippen LogP contribution in [0, 0.1) is 5.41 Å². The molecule has 2 saturated heterocycles. The van der Waals surface area contributed by atoms with Crippen LogP contribution in [-0.2, 0) is 36.4 Å². The molecule has 11 nitrogen and oxygen atoms in total. The molecule has 2 N–H and O–H groups in total. The predicted octanol–water partition coefficient (Wildman–Crippen LogP) is 3.36. The summed E-state index contributed by atoms with van der Waals surface area (Å²) >= 11 is 5.18. The van der Waals surface area contributed by atoms with E-state index in [0.29, 0.717) is 11.5 Å². The fourth-order valence-corrected chi connectivity index (χ4v) is 7.27. The topological polar surface area (TPSA) is 140 Å². The lowest BCUT2D eigenvalue weighted by Gasteiger charge is -2.37. The molecule has 2 fully saturated rings. The molecule has 3 heterocycles. The Labute approximate surface area is 253 Å². The van der Waals surface area contributed by atoms with Gasteiger partial charge in [-0.15, -0.1) is 0 Å². The van der Waals surface area contributed by atoms with Gasteiger partial charge in [-0.05, 0) is 47.0 Å². The summed E-state index contributed by atoms with van der Waals surface area (Å²) in [6.45, 7) is -0.0397. The molecule has 1 aromatic heterocycles. The van der Waals surface area contributed by atoms with E-state index in [9.17, 15) is 10.00 Å². The molecule has 2 aliphatic rings. The molecule has 0 saturated carbocycles. The fourth-order valence-electron chi connectivity index (χ4n) is 5.53. The van der Waals surface area contributed by atoms with Crippen molar-refractivity contribution in [3.05, 3.63) is 113 Å². The summed E-state index contributed by atoms with van der Waals surface area (Å²) in [5, 5.41) is 20.4. The zero-order valence-electron chi connectivity index (χ0n) is 23.2. The average molecular weight is 623 g/mol. The molecule has 2 aliphatic heterocycles. The van der Waals surface area contributed by atoms with Gasteiger partial charge >= 0.3 is 0 Å². The first-order valence-electron chi connectivity index (χ1n) is 13.4. The Kier molecular flexibility index (Phi) is 8.18. The van der Waals surface area contributed by atoms with Crippen LogP contribution >= 0.6 is 7.15 Å². The highest BCUT2D eigenvalue weighted by Crippen LogP contribution is 2.66. The SMILES string of the molecule is COc1ccc(C(OC[C@H]2O[C@@H](n3ccc(=N)nc3[O-])[C@@H]3O[P+](O)([S-])O[C@@H]32)(c2ccccc2)c2ccc(OC)cc2)cc1. The number of aromatic nitrogens is 2. The molecule has 0 amide bonds. The van der Waals surface area contributed by atoms with E-state index in [1.54, 1.807) is 14.2 Å². The number of nitrogens with one attached hydrogen (secondary N) is 1. The van der Waals surface area contributed by atoms with Crippen LogP contribution in [0.3, 0.4) is 0 Å². The van der Waals surface area contributed by atoms with Crippen LogP contribution in [0.1, 0.15) is 22.9 Å². The molecule has 13 heteroatoms. The van der Waals surface area contributed by atoms with Crippen molar-refractivity contribution in [1.82, 2.24) is 9.55 Å². The summed E-state index contributed by atoms with van der Waals surface area (Å²) in [5.41, 5.74) is 1.16. The second-order valence-corrected chi connectivity index (χ2v) is 12.7. The number of methoxy groups -OCH3 is 2. The molecular formula is C30H29N3O8PS-. The lowest BCUT2D eigenvalue weighted by Crippen LogP contribution is -2.39. The van der Waals surface area contributed by atoms with Gasteiger partial charge in [-0.3, -0.25) is 5.41 Å². The van der Waals surface area contributed by atoms with Crippen LogP contribution in [0.2, 0.25) is 0 Å². The molecule has 5 atom stereocenters. The quantitative estimate of drug-likeness (QED) is 0.162. The Balaban J connectivity index is 1.42. The minimum atomic E-state index is -3.60. The van der Waals surface area contributed by atoms with Gasteiger partial charge in [0.15, 0.2) is 18.4 Å². The third-order valence-corrected chi connectivity index (χ3v) is 9.07. The average Bonchev–Trinajstić information content (AvgIpc) is 3.51. The third kappa shape index (κ3) is 5.63. The van der Waals surface area contributed by atoms with Crippen LogP contribution in [0.4, 0.5) is 0 Å². The molecule has 0 radical (unpaired) electrons. The number of fused-ring (bicyclic) bond motifs is 1.